The number of benzene rings is 1. The topological polar surface area (TPSA) is 21.3 Å². The quantitative estimate of drug-likeness (QED) is 0.860. The largest absolute Gasteiger partial charge is 0.493 e. The normalized spacial score (nSPS) is 23.4. The van der Waals surface area contributed by atoms with Gasteiger partial charge in [-0.2, -0.15) is 0 Å². The van der Waals surface area contributed by atoms with Crippen LogP contribution in [0.5, 0.6) is 5.75 Å². The van der Waals surface area contributed by atoms with Gasteiger partial charge < -0.3 is 10.1 Å². The minimum atomic E-state index is 0.205. The fourth-order valence-electron chi connectivity index (χ4n) is 2.57. The number of nitrogens with one attached hydrogen (secondary N) is 1. The zero-order valence-corrected chi connectivity index (χ0v) is 11.6. The lowest BCUT2D eigenvalue weighted by Gasteiger charge is -2.29. The number of ether oxygens (including phenoxy) is 1. The van der Waals surface area contributed by atoms with E-state index >= 15 is 0 Å². The Labute approximate surface area is 110 Å². The van der Waals surface area contributed by atoms with Crippen molar-refractivity contribution in [3.05, 3.63) is 29.3 Å². The zero-order chi connectivity index (χ0) is 12.8. The Morgan fingerprint density at radius 2 is 1.94 bits per heavy atom. The molecule has 1 saturated carbocycles. The second-order valence-electron chi connectivity index (χ2n) is 6.63. The third-order valence-corrected chi connectivity index (χ3v) is 3.93. The van der Waals surface area contributed by atoms with E-state index in [0.717, 1.165) is 24.8 Å². The summed E-state index contributed by atoms with van der Waals surface area (Å²) < 4.78 is 5.78. The predicted molar refractivity (Wildman–Crippen MR) is 74.2 cm³/mol. The van der Waals surface area contributed by atoms with Crippen molar-refractivity contribution in [3.63, 3.8) is 0 Å². The van der Waals surface area contributed by atoms with Gasteiger partial charge in [0.1, 0.15) is 5.75 Å². The summed E-state index contributed by atoms with van der Waals surface area (Å²) in [6.45, 7) is 7.64. The second kappa shape index (κ2) is 4.27. The molecule has 1 aliphatic carbocycles. The van der Waals surface area contributed by atoms with Crippen molar-refractivity contribution in [3.8, 4) is 5.75 Å². The first-order chi connectivity index (χ1) is 8.54. The molecule has 3 rings (SSSR count). The first kappa shape index (κ1) is 12.0. The van der Waals surface area contributed by atoms with Crippen molar-refractivity contribution < 1.29 is 4.74 Å². The average Bonchev–Trinajstić information content (AvgIpc) is 3.12. The van der Waals surface area contributed by atoms with Crippen molar-refractivity contribution in [2.45, 2.75) is 57.5 Å². The molecule has 0 spiro atoms. The maximum atomic E-state index is 5.78. The molecule has 1 unspecified atom stereocenters. The molecule has 0 radical (unpaired) electrons. The summed E-state index contributed by atoms with van der Waals surface area (Å²) in [5, 5.41) is 3.75. The number of hydrogen-bond donors (Lipinski definition) is 1. The van der Waals surface area contributed by atoms with Crippen LogP contribution in [0.2, 0.25) is 0 Å². The van der Waals surface area contributed by atoms with Gasteiger partial charge in [0.25, 0.3) is 0 Å². The first-order valence-electron chi connectivity index (χ1n) is 7.07. The lowest BCUT2D eigenvalue weighted by atomic mass is 9.84. The van der Waals surface area contributed by atoms with Crippen LogP contribution in [-0.4, -0.2) is 12.6 Å². The highest BCUT2D eigenvalue weighted by Crippen LogP contribution is 2.37. The standard InChI is InChI=1S/C16H23NO/c1-16(2,3)11-4-7-15-13(10-11)14(8-9-18-15)17-12-5-6-12/h4,7,10,12,14,17H,5-6,8-9H2,1-3H3. The highest BCUT2D eigenvalue weighted by Gasteiger charge is 2.29. The van der Waals surface area contributed by atoms with Crippen LogP contribution >= 0.6 is 0 Å². The van der Waals surface area contributed by atoms with Gasteiger partial charge in [-0.25, -0.2) is 0 Å². The summed E-state index contributed by atoms with van der Waals surface area (Å²) in [6.07, 6.45) is 3.77. The molecule has 2 nitrogen and oxygen atoms in total. The molecule has 0 aromatic heterocycles. The fraction of sp³-hybridized carbons (Fsp3) is 0.625. The van der Waals surface area contributed by atoms with Crippen molar-refractivity contribution in [1.82, 2.24) is 5.32 Å². The Morgan fingerprint density at radius 1 is 1.17 bits per heavy atom. The molecule has 1 atom stereocenters. The first-order valence-corrected chi connectivity index (χ1v) is 7.07. The molecule has 1 N–H and O–H groups in total. The van der Waals surface area contributed by atoms with Crippen molar-refractivity contribution in [2.24, 2.45) is 0 Å². The summed E-state index contributed by atoms with van der Waals surface area (Å²) in [5.74, 6) is 1.08. The highest BCUT2D eigenvalue weighted by molar-refractivity contribution is 5.42. The maximum absolute atomic E-state index is 5.78. The summed E-state index contributed by atoms with van der Waals surface area (Å²) in [4.78, 5) is 0. The zero-order valence-electron chi connectivity index (χ0n) is 11.6. The Bertz CT molecular complexity index is 443. The molecule has 0 amide bonds. The number of hydrogen-bond acceptors (Lipinski definition) is 2. The molecule has 18 heavy (non-hydrogen) atoms. The van der Waals surface area contributed by atoms with Crippen LogP contribution < -0.4 is 10.1 Å². The molecule has 0 bridgehead atoms. The van der Waals surface area contributed by atoms with Crippen LogP contribution in [0.1, 0.15) is 57.2 Å². The molecule has 1 aromatic carbocycles. The summed E-state index contributed by atoms with van der Waals surface area (Å²) >= 11 is 0. The van der Waals surface area contributed by atoms with Gasteiger partial charge in [-0.1, -0.05) is 26.8 Å². The van der Waals surface area contributed by atoms with E-state index in [1.54, 1.807) is 0 Å². The lowest BCUT2D eigenvalue weighted by molar-refractivity contribution is 0.251. The van der Waals surface area contributed by atoms with Crippen molar-refractivity contribution in [1.29, 1.82) is 0 Å². The van der Waals surface area contributed by atoms with Gasteiger partial charge in [0.05, 0.1) is 6.61 Å². The molecule has 0 saturated heterocycles. The molecule has 1 aromatic rings. The van der Waals surface area contributed by atoms with E-state index < -0.39 is 0 Å². The number of rotatable bonds is 2. The van der Waals surface area contributed by atoms with Gasteiger partial charge >= 0.3 is 0 Å². The van der Waals surface area contributed by atoms with E-state index in [2.05, 4.69) is 44.3 Å². The summed E-state index contributed by atoms with van der Waals surface area (Å²) in [6, 6.07) is 7.94. The van der Waals surface area contributed by atoms with Crippen LogP contribution in [0.15, 0.2) is 18.2 Å². The molecule has 1 aliphatic heterocycles. The van der Waals surface area contributed by atoms with E-state index in [1.807, 2.05) is 0 Å². The lowest BCUT2D eigenvalue weighted by Crippen LogP contribution is -2.29. The molecule has 1 fully saturated rings. The van der Waals surface area contributed by atoms with E-state index in [-0.39, 0.29) is 5.41 Å². The van der Waals surface area contributed by atoms with Crippen LogP contribution in [0.25, 0.3) is 0 Å². The van der Waals surface area contributed by atoms with Gasteiger partial charge in [0.2, 0.25) is 0 Å². The van der Waals surface area contributed by atoms with Crippen LogP contribution in [0, 0.1) is 0 Å². The minimum absolute atomic E-state index is 0.205. The Kier molecular flexibility index (Phi) is 2.86. The molecular weight excluding hydrogens is 222 g/mol. The van der Waals surface area contributed by atoms with Gasteiger partial charge in [-0.15, -0.1) is 0 Å². The smallest absolute Gasteiger partial charge is 0.124 e. The monoisotopic (exact) mass is 245 g/mol. The summed E-state index contributed by atoms with van der Waals surface area (Å²) in [5.41, 5.74) is 2.96. The SMILES string of the molecule is CC(C)(C)c1ccc2c(c1)C(NC1CC1)CCO2. The van der Waals surface area contributed by atoms with Crippen LogP contribution in [-0.2, 0) is 5.41 Å². The van der Waals surface area contributed by atoms with Crippen LogP contribution in [0.4, 0.5) is 0 Å². The number of fused-ring (bicyclic) bond motifs is 1. The van der Waals surface area contributed by atoms with Crippen molar-refractivity contribution in [2.75, 3.05) is 6.61 Å². The highest BCUT2D eigenvalue weighted by atomic mass is 16.5. The molecule has 2 aliphatic rings. The predicted octanol–water partition coefficient (Wildman–Crippen LogP) is 3.56. The minimum Gasteiger partial charge on any atom is -0.493 e. The van der Waals surface area contributed by atoms with Gasteiger partial charge in [-0.05, 0) is 36.0 Å². The van der Waals surface area contributed by atoms with Gasteiger partial charge in [0, 0.05) is 24.1 Å². The fourth-order valence-corrected chi connectivity index (χ4v) is 2.57. The Balaban J connectivity index is 1.92. The average molecular weight is 245 g/mol. The maximum Gasteiger partial charge on any atom is 0.124 e. The molecule has 2 heteroatoms. The van der Waals surface area contributed by atoms with Gasteiger partial charge in [0.15, 0.2) is 0 Å². The third kappa shape index (κ3) is 2.39. The molecule has 1 heterocycles. The molecule has 98 valence electrons. The van der Waals surface area contributed by atoms with Crippen LogP contribution in [0.3, 0.4) is 0 Å². The van der Waals surface area contributed by atoms with E-state index in [1.165, 1.54) is 24.0 Å². The third-order valence-electron chi connectivity index (χ3n) is 3.93. The van der Waals surface area contributed by atoms with E-state index in [9.17, 15) is 0 Å². The summed E-state index contributed by atoms with van der Waals surface area (Å²) in [7, 11) is 0. The van der Waals surface area contributed by atoms with Crippen molar-refractivity contribution >= 4 is 0 Å². The second-order valence-corrected chi connectivity index (χ2v) is 6.63. The van der Waals surface area contributed by atoms with Gasteiger partial charge in [-0.3, -0.25) is 0 Å². The van der Waals surface area contributed by atoms with E-state index in [0.29, 0.717) is 6.04 Å². The van der Waals surface area contributed by atoms with E-state index in [4.69, 9.17) is 4.74 Å². The Hall–Kier alpha value is -1.02. The Morgan fingerprint density at radius 3 is 2.61 bits per heavy atom. The molecular formula is C16H23NO.